The Bertz CT molecular complexity index is 1570. The lowest BCUT2D eigenvalue weighted by atomic mass is 10.0. The molecule has 4 aromatic rings. The Morgan fingerprint density at radius 2 is 1.94 bits per heavy atom. The van der Waals surface area contributed by atoms with E-state index in [9.17, 15) is 31.5 Å². The van der Waals surface area contributed by atoms with Gasteiger partial charge >= 0.3 is 12.1 Å². The molecule has 0 spiro atoms. The second-order valence-corrected chi connectivity index (χ2v) is 11.2. The Morgan fingerprint density at radius 3 is 2.54 bits per heavy atom. The average Bonchev–Trinajstić information content (AvgIpc) is 3.32. The summed E-state index contributed by atoms with van der Waals surface area (Å²) < 4.78 is 69.6. The Labute approximate surface area is 203 Å². The predicted molar refractivity (Wildman–Crippen MR) is 129 cm³/mol. The molecule has 2 heterocycles. The third kappa shape index (κ3) is 4.34. The van der Waals surface area contributed by atoms with Crippen LogP contribution in [0.3, 0.4) is 0 Å². The average molecular weight is 523 g/mol. The first-order chi connectivity index (χ1) is 16.4. The van der Waals surface area contributed by atoms with E-state index in [4.69, 9.17) is 0 Å². The maximum Gasteiger partial charge on any atom is 0.416 e. The number of carbonyl (C=O) groups is 1. The molecule has 1 N–H and O–H groups in total. The van der Waals surface area contributed by atoms with Gasteiger partial charge in [-0.3, -0.25) is 4.79 Å². The first kappa shape index (κ1) is 24.9. The molecule has 0 aliphatic heterocycles. The highest BCUT2D eigenvalue weighted by Crippen LogP contribution is 2.38. The Morgan fingerprint density at radius 1 is 1.23 bits per heavy atom. The number of alkyl halides is 3. The van der Waals surface area contributed by atoms with Crippen molar-refractivity contribution in [1.29, 1.82) is 0 Å². The van der Waals surface area contributed by atoms with Crippen LogP contribution in [-0.2, 0) is 21.0 Å². The van der Waals surface area contributed by atoms with Crippen molar-refractivity contribution >= 4 is 48.4 Å². The van der Waals surface area contributed by atoms with Crippen LogP contribution in [0.25, 0.3) is 21.1 Å². The van der Waals surface area contributed by atoms with Crippen molar-refractivity contribution in [2.45, 2.75) is 37.6 Å². The number of aryl methyl sites for hydroxylation is 1. The van der Waals surface area contributed by atoms with Gasteiger partial charge < -0.3 is 5.11 Å². The van der Waals surface area contributed by atoms with Crippen LogP contribution < -0.4 is 0 Å². The Balaban J connectivity index is 1.98. The highest BCUT2D eigenvalue weighted by Gasteiger charge is 2.36. The predicted octanol–water partition coefficient (Wildman–Crippen LogP) is 6.26. The lowest BCUT2D eigenvalue weighted by molar-refractivity contribution is -0.139. The molecule has 0 fully saturated rings. The summed E-state index contributed by atoms with van der Waals surface area (Å²) in [6.45, 7) is 7.08. The minimum Gasteiger partial charge on any atom is -0.481 e. The topological polar surface area (TPSA) is 89.3 Å². The third-order valence-electron chi connectivity index (χ3n) is 5.81. The molecule has 0 aliphatic carbocycles. The van der Waals surface area contributed by atoms with Crippen LogP contribution in [0.15, 0.2) is 55.1 Å². The zero-order chi connectivity index (χ0) is 25.7. The third-order valence-corrected chi connectivity index (χ3v) is 8.79. The van der Waals surface area contributed by atoms with E-state index in [0.29, 0.717) is 11.1 Å². The molecule has 0 saturated carbocycles. The highest BCUT2D eigenvalue weighted by atomic mass is 32.2. The molecular formula is C24H21F3N2O4S2. The van der Waals surface area contributed by atoms with Gasteiger partial charge in [0, 0.05) is 11.1 Å². The molecule has 0 amide bonds. The van der Waals surface area contributed by atoms with Crippen molar-refractivity contribution in [3.05, 3.63) is 76.9 Å². The summed E-state index contributed by atoms with van der Waals surface area (Å²) in [6, 6.07) is 8.88. The summed E-state index contributed by atoms with van der Waals surface area (Å²) in [5, 5.41) is 9.23. The van der Waals surface area contributed by atoms with Gasteiger partial charge in [-0.25, -0.2) is 17.4 Å². The molecule has 2 atom stereocenters. The number of hydrogen-bond donors (Lipinski definition) is 1. The van der Waals surface area contributed by atoms with E-state index in [1.165, 1.54) is 23.5 Å². The minimum absolute atomic E-state index is 0.0218. The zero-order valence-electron chi connectivity index (χ0n) is 18.7. The summed E-state index contributed by atoms with van der Waals surface area (Å²) in [7, 11) is -4.39. The molecule has 0 bridgehead atoms. The molecule has 0 saturated heterocycles. The van der Waals surface area contributed by atoms with Crippen molar-refractivity contribution in [2.75, 3.05) is 0 Å². The van der Waals surface area contributed by atoms with Crippen LogP contribution in [0.1, 0.15) is 46.3 Å². The van der Waals surface area contributed by atoms with Gasteiger partial charge in [0.05, 0.1) is 32.2 Å². The minimum atomic E-state index is -4.64. The Kier molecular flexibility index (Phi) is 6.26. The zero-order valence-corrected chi connectivity index (χ0v) is 20.3. The smallest absolute Gasteiger partial charge is 0.416 e. The molecule has 0 aliphatic rings. The standard InChI is InChI=1S/C24H21F3N2O4S2/c1-4-17(23(30)31)20-12-15-10-16(24(25,26)27)7-8-19(15)29(20)35(32,33)22(5-2)14-6-9-21-18(11-14)28-13(3)34-21/h5-12,17,22H,2,4H2,1,3H3,(H,30,31). The fourth-order valence-electron chi connectivity index (χ4n) is 4.20. The van der Waals surface area contributed by atoms with Gasteiger partial charge in [0.1, 0.15) is 5.25 Å². The second-order valence-electron chi connectivity index (χ2n) is 8.07. The van der Waals surface area contributed by atoms with Gasteiger partial charge in [-0.05, 0) is 55.3 Å². The summed E-state index contributed by atoms with van der Waals surface area (Å²) in [5.41, 5.74) is -0.145. The molecule has 184 valence electrons. The number of fused-ring (bicyclic) bond motifs is 2. The molecule has 11 heteroatoms. The summed E-state index contributed by atoms with van der Waals surface area (Å²) in [5.74, 6) is -2.53. The number of hydrogen-bond acceptors (Lipinski definition) is 5. The maximum absolute atomic E-state index is 14.0. The normalized spacial score (nSPS) is 14.3. The number of thiazole rings is 1. The quantitative estimate of drug-likeness (QED) is 0.289. The van der Waals surface area contributed by atoms with Gasteiger partial charge in [-0.1, -0.05) is 19.1 Å². The second kappa shape index (κ2) is 8.80. The van der Waals surface area contributed by atoms with Crippen molar-refractivity contribution < 1.29 is 31.5 Å². The highest BCUT2D eigenvalue weighted by molar-refractivity contribution is 7.90. The number of carboxylic acids is 1. The van der Waals surface area contributed by atoms with Gasteiger partial charge in [0.15, 0.2) is 0 Å². The number of rotatable bonds is 7. The number of nitrogens with zero attached hydrogens (tertiary/aromatic N) is 2. The van der Waals surface area contributed by atoms with Crippen molar-refractivity contribution in [1.82, 2.24) is 8.96 Å². The largest absolute Gasteiger partial charge is 0.481 e. The van der Waals surface area contributed by atoms with E-state index in [0.717, 1.165) is 31.9 Å². The number of carboxylic acid groups (broad SMARTS) is 1. The van der Waals surface area contributed by atoms with Crippen LogP contribution >= 0.6 is 11.3 Å². The van der Waals surface area contributed by atoms with Crippen LogP contribution in [-0.4, -0.2) is 28.5 Å². The number of aliphatic carboxylic acids is 1. The van der Waals surface area contributed by atoms with E-state index < -0.39 is 38.9 Å². The molecule has 0 radical (unpaired) electrons. The molecule has 6 nitrogen and oxygen atoms in total. The van der Waals surface area contributed by atoms with Crippen molar-refractivity contribution in [3.63, 3.8) is 0 Å². The number of aromatic nitrogens is 2. The van der Waals surface area contributed by atoms with Crippen LogP contribution in [0.2, 0.25) is 0 Å². The van der Waals surface area contributed by atoms with E-state index in [1.54, 1.807) is 25.1 Å². The van der Waals surface area contributed by atoms with Crippen LogP contribution in [0.4, 0.5) is 13.2 Å². The van der Waals surface area contributed by atoms with E-state index >= 15 is 0 Å². The maximum atomic E-state index is 14.0. The lowest BCUT2D eigenvalue weighted by Crippen LogP contribution is -2.25. The van der Waals surface area contributed by atoms with E-state index in [2.05, 4.69) is 11.6 Å². The summed E-state index contributed by atoms with van der Waals surface area (Å²) >= 11 is 1.45. The number of halogens is 3. The number of benzene rings is 2. The van der Waals surface area contributed by atoms with Crippen LogP contribution in [0, 0.1) is 6.92 Å². The molecular weight excluding hydrogens is 501 g/mol. The van der Waals surface area contributed by atoms with Crippen LogP contribution in [0.5, 0.6) is 0 Å². The molecule has 2 aromatic carbocycles. The monoisotopic (exact) mass is 522 g/mol. The van der Waals surface area contributed by atoms with Gasteiger partial charge in [0.2, 0.25) is 10.0 Å². The first-order valence-electron chi connectivity index (χ1n) is 10.6. The van der Waals surface area contributed by atoms with E-state index in [1.807, 2.05) is 6.92 Å². The van der Waals surface area contributed by atoms with Gasteiger partial charge in [0.25, 0.3) is 0 Å². The summed E-state index contributed by atoms with van der Waals surface area (Å²) in [4.78, 5) is 16.4. The van der Waals surface area contributed by atoms with E-state index in [-0.39, 0.29) is 23.0 Å². The Hall–Kier alpha value is -3.18. The fraction of sp³-hybridized carbons (Fsp3) is 0.250. The SMILES string of the molecule is C=CC(c1ccc2sc(C)nc2c1)S(=O)(=O)n1c(C(CC)C(=O)O)cc2cc(C(F)(F)F)ccc21. The molecule has 35 heavy (non-hydrogen) atoms. The summed E-state index contributed by atoms with van der Waals surface area (Å²) in [6.07, 6.45) is -3.38. The van der Waals surface area contributed by atoms with Gasteiger partial charge in [-0.2, -0.15) is 13.2 Å². The van der Waals surface area contributed by atoms with Crippen molar-refractivity contribution in [3.8, 4) is 0 Å². The van der Waals surface area contributed by atoms with Crippen molar-refractivity contribution in [2.24, 2.45) is 0 Å². The van der Waals surface area contributed by atoms with Gasteiger partial charge in [-0.15, -0.1) is 17.9 Å². The molecule has 2 unspecified atom stereocenters. The first-order valence-corrected chi connectivity index (χ1v) is 12.9. The lowest BCUT2D eigenvalue weighted by Gasteiger charge is -2.21. The molecule has 4 rings (SSSR count). The fourth-order valence-corrected chi connectivity index (χ4v) is 6.89. The molecule has 2 aromatic heterocycles.